The Bertz CT molecular complexity index is 427. The van der Waals surface area contributed by atoms with Crippen molar-refractivity contribution in [2.75, 3.05) is 13.7 Å². The fourth-order valence-corrected chi connectivity index (χ4v) is 2.85. The molecule has 0 amide bonds. The summed E-state index contributed by atoms with van der Waals surface area (Å²) in [6.07, 6.45) is 1.33. The van der Waals surface area contributed by atoms with Crippen LogP contribution in [0.25, 0.3) is 0 Å². The van der Waals surface area contributed by atoms with E-state index >= 15 is 0 Å². The predicted octanol–water partition coefficient (Wildman–Crippen LogP) is 3.62. The molecule has 0 bridgehead atoms. The Morgan fingerprint density at radius 3 is 2.56 bits per heavy atom. The SMILES string of the molecule is CCNC(c1ccc(C)c(C)c1OC)C1CC1C. The van der Waals surface area contributed by atoms with Crippen LogP contribution in [0.5, 0.6) is 5.75 Å². The Hall–Kier alpha value is -1.02. The molecule has 0 saturated heterocycles. The van der Waals surface area contributed by atoms with Gasteiger partial charge in [-0.15, -0.1) is 0 Å². The Kier molecular flexibility index (Phi) is 3.96. The van der Waals surface area contributed by atoms with Crippen molar-refractivity contribution in [3.63, 3.8) is 0 Å². The van der Waals surface area contributed by atoms with E-state index in [1.165, 1.54) is 23.1 Å². The van der Waals surface area contributed by atoms with Crippen molar-refractivity contribution in [3.8, 4) is 5.75 Å². The third kappa shape index (κ3) is 2.39. The number of nitrogens with one attached hydrogen (secondary N) is 1. The highest BCUT2D eigenvalue weighted by Crippen LogP contribution is 2.49. The highest BCUT2D eigenvalue weighted by molar-refractivity contribution is 5.47. The number of rotatable bonds is 5. The van der Waals surface area contributed by atoms with Crippen LogP contribution in [0.1, 0.15) is 43.0 Å². The zero-order chi connectivity index (χ0) is 13.3. The average molecular weight is 247 g/mol. The average Bonchev–Trinajstić information content (AvgIpc) is 3.07. The maximum atomic E-state index is 5.66. The molecule has 0 heterocycles. The molecule has 18 heavy (non-hydrogen) atoms. The lowest BCUT2D eigenvalue weighted by molar-refractivity contribution is 0.386. The van der Waals surface area contributed by atoms with Crippen molar-refractivity contribution in [2.45, 2.75) is 40.2 Å². The summed E-state index contributed by atoms with van der Waals surface area (Å²) < 4.78 is 5.66. The van der Waals surface area contributed by atoms with Gasteiger partial charge in [-0.1, -0.05) is 26.0 Å². The molecule has 0 radical (unpaired) electrons. The quantitative estimate of drug-likeness (QED) is 0.858. The number of benzene rings is 1. The van der Waals surface area contributed by atoms with Crippen molar-refractivity contribution in [3.05, 3.63) is 28.8 Å². The van der Waals surface area contributed by atoms with Crippen LogP contribution in [-0.4, -0.2) is 13.7 Å². The Morgan fingerprint density at radius 2 is 2.06 bits per heavy atom. The zero-order valence-electron chi connectivity index (χ0n) is 12.2. The maximum Gasteiger partial charge on any atom is 0.126 e. The van der Waals surface area contributed by atoms with E-state index in [-0.39, 0.29) is 0 Å². The minimum Gasteiger partial charge on any atom is -0.496 e. The van der Waals surface area contributed by atoms with E-state index in [1.807, 2.05) is 0 Å². The molecule has 2 rings (SSSR count). The van der Waals surface area contributed by atoms with Crippen LogP contribution < -0.4 is 10.1 Å². The van der Waals surface area contributed by atoms with Gasteiger partial charge in [0.05, 0.1) is 7.11 Å². The van der Waals surface area contributed by atoms with Crippen molar-refractivity contribution >= 4 is 0 Å². The van der Waals surface area contributed by atoms with Gasteiger partial charge in [-0.2, -0.15) is 0 Å². The number of methoxy groups -OCH3 is 1. The van der Waals surface area contributed by atoms with Crippen LogP contribution in [0, 0.1) is 25.7 Å². The van der Waals surface area contributed by atoms with Crippen LogP contribution in [0.4, 0.5) is 0 Å². The second-order valence-corrected chi connectivity index (χ2v) is 5.54. The van der Waals surface area contributed by atoms with Gasteiger partial charge in [0.25, 0.3) is 0 Å². The number of hydrogen-bond donors (Lipinski definition) is 1. The molecule has 1 aromatic carbocycles. The molecule has 2 heteroatoms. The summed E-state index contributed by atoms with van der Waals surface area (Å²) in [4.78, 5) is 0. The first kappa shape index (κ1) is 13.4. The lowest BCUT2D eigenvalue weighted by atomic mass is 9.95. The van der Waals surface area contributed by atoms with Gasteiger partial charge in [0.1, 0.15) is 5.75 Å². The van der Waals surface area contributed by atoms with Gasteiger partial charge in [-0.05, 0) is 49.8 Å². The summed E-state index contributed by atoms with van der Waals surface area (Å²) in [5, 5.41) is 3.63. The molecule has 3 unspecified atom stereocenters. The van der Waals surface area contributed by atoms with Crippen LogP contribution in [-0.2, 0) is 0 Å². The van der Waals surface area contributed by atoms with E-state index in [0.29, 0.717) is 6.04 Å². The first-order valence-corrected chi connectivity index (χ1v) is 6.97. The number of aryl methyl sites for hydroxylation is 1. The lowest BCUT2D eigenvalue weighted by Crippen LogP contribution is -2.24. The first-order chi connectivity index (χ1) is 8.60. The number of ether oxygens (including phenoxy) is 1. The molecule has 100 valence electrons. The van der Waals surface area contributed by atoms with Gasteiger partial charge in [-0.25, -0.2) is 0 Å². The van der Waals surface area contributed by atoms with Crippen molar-refractivity contribution in [1.29, 1.82) is 0 Å². The summed E-state index contributed by atoms with van der Waals surface area (Å²) >= 11 is 0. The summed E-state index contributed by atoms with van der Waals surface area (Å²) in [6.45, 7) is 9.81. The zero-order valence-corrected chi connectivity index (χ0v) is 12.2. The molecule has 1 aliphatic carbocycles. The van der Waals surface area contributed by atoms with Gasteiger partial charge < -0.3 is 10.1 Å². The maximum absolute atomic E-state index is 5.66. The largest absolute Gasteiger partial charge is 0.496 e. The Balaban J connectivity index is 2.38. The summed E-state index contributed by atoms with van der Waals surface area (Å²) in [7, 11) is 1.78. The second-order valence-electron chi connectivity index (χ2n) is 5.54. The number of hydrogen-bond acceptors (Lipinski definition) is 2. The second kappa shape index (κ2) is 5.31. The Labute approximate surface area is 111 Å². The molecule has 0 spiro atoms. The van der Waals surface area contributed by atoms with Gasteiger partial charge >= 0.3 is 0 Å². The van der Waals surface area contributed by atoms with E-state index in [9.17, 15) is 0 Å². The molecule has 2 nitrogen and oxygen atoms in total. The smallest absolute Gasteiger partial charge is 0.126 e. The first-order valence-electron chi connectivity index (χ1n) is 6.97. The molecule has 1 N–H and O–H groups in total. The van der Waals surface area contributed by atoms with Crippen molar-refractivity contribution in [2.24, 2.45) is 11.8 Å². The van der Waals surface area contributed by atoms with Gasteiger partial charge in [0.2, 0.25) is 0 Å². The van der Waals surface area contributed by atoms with Gasteiger partial charge in [-0.3, -0.25) is 0 Å². The van der Waals surface area contributed by atoms with Crippen LogP contribution >= 0.6 is 0 Å². The molecule has 1 fully saturated rings. The predicted molar refractivity (Wildman–Crippen MR) is 76.2 cm³/mol. The normalized spacial score (nSPS) is 23.8. The molecular weight excluding hydrogens is 222 g/mol. The van der Waals surface area contributed by atoms with Crippen LogP contribution in [0.3, 0.4) is 0 Å². The van der Waals surface area contributed by atoms with Crippen molar-refractivity contribution < 1.29 is 4.74 Å². The van der Waals surface area contributed by atoms with Crippen LogP contribution in [0.2, 0.25) is 0 Å². The summed E-state index contributed by atoms with van der Waals surface area (Å²) in [5.74, 6) is 2.67. The standard InChI is InChI=1S/C16H25NO/c1-6-17-15(14-9-11(14)3)13-8-7-10(2)12(4)16(13)18-5/h7-8,11,14-15,17H,6,9H2,1-5H3. The minimum atomic E-state index is 0.444. The highest BCUT2D eigenvalue weighted by Gasteiger charge is 2.40. The summed E-state index contributed by atoms with van der Waals surface area (Å²) in [6, 6.07) is 4.89. The van der Waals surface area contributed by atoms with E-state index in [0.717, 1.165) is 24.1 Å². The van der Waals surface area contributed by atoms with Crippen LogP contribution in [0.15, 0.2) is 12.1 Å². The fraction of sp³-hybridized carbons (Fsp3) is 0.625. The fourth-order valence-electron chi connectivity index (χ4n) is 2.85. The van der Waals surface area contributed by atoms with E-state index in [2.05, 4.69) is 45.1 Å². The molecule has 1 saturated carbocycles. The van der Waals surface area contributed by atoms with E-state index in [1.54, 1.807) is 7.11 Å². The molecule has 1 aromatic rings. The molecule has 3 atom stereocenters. The topological polar surface area (TPSA) is 21.3 Å². The highest BCUT2D eigenvalue weighted by atomic mass is 16.5. The van der Waals surface area contributed by atoms with E-state index in [4.69, 9.17) is 4.74 Å². The molecule has 0 aliphatic heterocycles. The monoisotopic (exact) mass is 247 g/mol. The van der Waals surface area contributed by atoms with E-state index < -0.39 is 0 Å². The minimum absolute atomic E-state index is 0.444. The Morgan fingerprint density at radius 1 is 1.39 bits per heavy atom. The third-order valence-corrected chi connectivity index (χ3v) is 4.27. The van der Waals surface area contributed by atoms with Gasteiger partial charge in [0.15, 0.2) is 0 Å². The summed E-state index contributed by atoms with van der Waals surface area (Å²) in [5.41, 5.74) is 3.90. The lowest BCUT2D eigenvalue weighted by Gasteiger charge is -2.23. The molecular formula is C16H25NO. The van der Waals surface area contributed by atoms with Gasteiger partial charge in [0, 0.05) is 11.6 Å². The third-order valence-electron chi connectivity index (χ3n) is 4.27. The molecule has 0 aromatic heterocycles. The van der Waals surface area contributed by atoms with Crippen molar-refractivity contribution in [1.82, 2.24) is 5.32 Å². The molecule has 1 aliphatic rings.